The second kappa shape index (κ2) is 8.03. The molecular formula is C18H15ClN4O5S. The van der Waals surface area contributed by atoms with Crippen LogP contribution in [0.4, 0.5) is 5.69 Å². The van der Waals surface area contributed by atoms with Gasteiger partial charge in [-0.1, -0.05) is 17.7 Å². The lowest BCUT2D eigenvalue weighted by Crippen LogP contribution is -2.31. The minimum atomic E-state index is -3.59. The third-order valence-electron chi connectivity index (χ3n) is 3.95. The molecule has 1 heterocycles. The molecule has 0 saturated carbocycles. The van der Waals surface area contributed by atoms with Crippen molar-refractivity contribution in [3.05, 3.63) is 80.0 Å². The summed E-state index contributed by atoms with van der Waals surface area (Å²) in [5.41, 5.74) is -1.33. The number of hydrogen-bond donors (Lipinski definition) is 3. The number of aromatic nitrogens is 2. The van der Waals surface area contributed by atoms with Gasteiger partial charge in [0.2, 0.25) is 15.9 Å². The Morgan fingerprint density at radius 2 is 1.86 bits per heavy atom. The highest BCUT2D eigenvalue weighted by molar-refractivity contribution is 7.89. The molecule has 11 heteroatoms. The number of nitrogens with zero attached hydrogens (tertiary/aromatic N) is 2. The number of aromatic amines is 1. The molecule has 0 aliphatic carbocycles. The summed E-state index contributed by atoms with van der Waals surface area (Å²) in [7, 11) is -2.29. The van der Waals surface area contributed by atoms with E-state index < -0.39 is 27.2 Å². The van der Waals surface area contributed by atoms with Gasteiger partial charge in [0, 0.05) is 11.2 Å². The first kappa shape index (κ1) is 20.5. The summed E-state index contributed by atoms with van der Waals surface area (Å²) >= 11 is 5.92. The highest BCUT2D eigenvalue weighted by Gasteiger charge is 2.15. The third-order valence-corrected chi connectivity index (χ3v) is 5.61. The van der Waals surface area contributed by atoms with Gasteiger partial charge >= 0.3 is 5.69 Å². The molecule has 0 fully saturated rings. The Kier molecular flexibility index (Phi) is 5.69. The number of sulfonamides is 1. The van der Waals surface area contributed by atoms with Gasteiger partial charge in [0.25, 0.3) is 5.56 Å². The molecule has 1 aromatic heterocycles. The number of H-pyrrole nitrogens is 1. The normalized spacial score (nSPS) is 11.8. The Labute approximate surface area is 170 Å². The van der Waals surface area contributed by atoms with Crippen LogP contribution < -0.4 is 16.0 Å². The minimum Gasteiger partial charge on any atom is -0.493 e. The number of aromatic hydroxyl groups is 1. The summed E-state index contributed by atoms with van der Waals surface area (Å²) in [6.45, 7) is 0. The minimum absolute atomic E-state index is 0.0501. The van der Waals surface area contributed by atoms with E-state index in [9.17, 15) is 23.1 Å². The Morgan fingerprint density at radius 3 is 2.48 bits per heavy atom. The quantitative estimate of drug-likeness (QED) is 0.524. The van der Waals surface area contributed by atoms with Gasteiger partial charge in [-0.05, 0) is 49.5 Å². The van der Waals surface area contributed by atoms with Crippen LogP contribution >= 0.6 is 11.6 Å². The standard InChI is InChI=1S/C18H15ClN4O5S/c1-20-29(27,28)14-7-5-12(6-8-14)21-10-15-16(24)22-18(26)23(17(15)25)13-4-2-3-11(19)9-13/h2-10,20,25H,1H3,(H,22,24,26). The molecule has 3 aromatic rings. The first-order valence-corrected chi connectivity index (χ1v) is 10.0. The molecular weight excluding hydrogens is 420 g/mol. The van der Waals surface area contributed by atoms with Crippen LogP contribution in [-0.4, -0.2) is 36.3 Å². The lowest BCUT2D eigenvalue weighted by molar-refractivity contribution is 0.430. The number of rotatable bonds is 5. The lowest BCUT2D eigenvalue weighted by atomic mass is 10.3. The summed E-state index contributed by atoms with van der Waals surface area (Å²) < 4.78 is 26.6. The summed E-state index contributed by atoms with van der Waals surface area (Å²) in [5, 5.41) is 10.8. The molecule has 3 N–H and O–H groups in total. The largest absolute Gasteiger partial charge is 0.493 e. The highest BCUT2D eigenvalue weighted by atomic mass is 35.5. The molecule has 150 valence electrons. The summed E-state index contributed by atoms with van der Waals surface area (Å²) in [4.78, 5) is 30.5. The van der Waals surface area contributed by atoms with Crippen molar-refractivity contribution in [2.24, 2.45) is 4.99 Å². The van der Waals surface area contributed by atoms with Gasteiger partial charge in [-0.15, -0.1) is 0 Å². The van der Waals surface area contributed by atoms with Gasteiger partial charge in [0.1, 0.15) is 5.56 Å². The number of halogens is 1. The van der Waals surface area contributed by atoms with E-state index in [1.165, 1.54) is 43.4 Å². The Balaban J connectivity index is 2.03. The molecule has 0 radical (unpaired) electrons. The maximum Gasteiger partial charge on any atom is 0.335 e. The van der Waals surface area contributed by atoms with Gasteiger partial charge < -0.3 is 5.11 Å². The molecule has 29 heavy (non-hydrogen) atoms. The van der Waals surface area contributed by atoms with E-state index in [1.54, 1.807) is 12.1 Å². The Morgan fingerprint density at radius 1 is 1.17 bits per heavy atom. The Bertz CT molecular complexity index is 1310. The fourth-order valence-corrected chi connectivity index (χ4v) is 3.39. The topological polar surface area (TPSA) is 134 Å². The van der Waals surface area contributed by atoms with E-state index in [2.05, 4.69) is 14.7 Å². The lowest BCUT2D eigenvalue weighted by Gasteiger charge is -2.09. The predicted molar refractivity (Wildman–Crippen MR) is 109 cm³/mol. The summed E-state index contributed by atoms with van der Waals surface area (Å²) in [6, 6.07) is 11.7. The van der Waals surface area contributed by atoms with Crippen molar-refractivity contribution in [3.63, 3.8) is 0 Å². The fraction of sp³-hybridized carbons (Fsp3) is 0.0556. The average molecular weight is 435 g/mol. The number of nitrogens with one attached hydrogen (secondary N) is 2. The van der Waals surface area contributed by atoms with E-state index >= 15 is 0 Å². The van der Waals surface area contributed by atoms with Gasteiger partial charge in [-0.2, -0.15) is 0 Å². The van der Waals surface area contributed by atoms with Gasteiger partial charge in [0.05, 0.1) is 16.3 Å². The van der Waals surface area contributed by atoms with Crippen LogP contribution in [0.15, 0.2) is 68.0 Å². The molecule has 2 aromatic carbocycles. The van der Waals surface area contributed by atoms with Crippen LogP contribution in [-0.2, 0) is 10.0 Å². The molecule has 0 aliphatic rings. The van der Waals surface area contributed by atoms with Crippen LogP contribution in [0, 0.1) is 0 Å². The van der Waals surface area contributed by atoms with Crippen molar-refractivity contribution in [2.75, 3.05) is 7.05 Å². The van der Waals surface area contributed by atoms with Gasteiger partial charge in [0.15, 0.2) is 0 Å². The SMILES string of the molecule is CNS(=O)(=O)c1ccc(N=Cc2c(O)n(-c3cccc(Cl)c3)c(=O)[nH]c2=O)cc1. The number of benzene rings is 2. The zero-order valence-electron chi connectivity index (χ0n) is 15.0. The molecule has 0 spiro atoms. The molecule has 9 nitrogen and oxygen atoms in total. The zero-order valence-corrected chi connectivity index (χ0v) is 16.5. The van der Waals surface area contributed by atoms with Crippen molar-refractivity contribution in [2.45, 2.75) is 4.90 Å². The Hall–Kier alpha value is -3.21. The number of aliphatic imine (C=N–C) groups is 1. The number of hydrogen-bond acceptors (Lipinski definition) is 6. The van der Waals surface area contributed by atoms with Crippen LogP contribution in [0.5, 0.6) is 5.88 Å². The molecule has 0 atom stereocenters. The smallest absolute Gasteiger partial charge is 0.335 e. The predicted octanol–water partition coefficient (Wildman–Crippen LogP) is 1.54. The maximum absolute atomic E-state index is 12.2. The van der Waals surface area contributed by atoms with Crippen LogP contribution in [0.1, 0.15) is 5.56 Å². The first-order valence-electron chi connectivity index (χ1n) is 8.15. The van der Waals surface area contributed by atoms with Crippen LogP contribution in [0.25, 0.3) is 5.69 Å². The second-order valence-corrected chi connectivity index (χ2v) is 8.09. The van der Waals surface area contributed by atoms with Crippen molar-refractivity contribution in [3.8, 4) is 11.6 Å². The van der Waals surface area contributed by atoms with Crippen LogP contribution in [0.3, 0.4) is 0 Å². The van der Waals surface area contributed by atoms with Crippen molar-refractivity contribution in [1.82, 2.24) is 14.3 Å². The summed E-state index contributed by atoms with van der Waals surface area (Å²) in [6.07, 6.45) is 1.08. The fourth-order valence-electron chi connectivity index (χ4n) is 2.48. The van der Waals surface area contributed by atoms with E-state index in [0.29, 0.717) is 10.7 Å². The molecule has 0 amide bonds. The van der Waals surface area contributed by atoms with Crippen LogP contribution in [0.2, 0.25) is 5.02 Å². The molecule has 0 saturated heterocycles. The monoisotopic (exact) mass is 434 g/mol. The molecule has 0 bridgehead atoms. The second-order valence-electron chi connectivity index (χ2n) is 5.77. The van der Waals surface area contributed by atoms with Crippen molar-refractivity contribution < 1.29 is 13.5 Å². The summed E-state index contributed by atoms with van der Waals surface area (Å²) in [5.74, 6) is -0.612. The van der Waals surface area contributed by atoms with E-state index in [1.807, 2.05) is 0 Å². The van der Waals surface area contributed by atoms with E-state index in [-0.39, 0.29) is 16.1 Å². The van der Waals surface area contributed by atoms with Gasteiger partial charge in [-0.25, -0.2) is 22.5 Å². The average Bonchev–Trinajstić information content (AvgIpc) is 2.68. The maximum atomic E-state index is 12.2. The van der Waals surface area contributed by atoms with Gasteiger partial charge in [-0.3, -0.25) is 14.8 Å². The van der Waals surface area contributed by atoms with E-state index in [4.69, 9.17) is 11.6 Å². The highest BCUT2D eigenvalue weighted by Crippen LogP contribution is 2.20. The van der Waals surface area contributed by atoms with Crippen molar-refractivity contribution in [1.29, 1.82) is 0 Å². The van der Waals surface area contributed by atoms with E-state index in [0.717, 1.165) is 10.8 Å². The van der Waals surface area contributed by atoms with Crippen molar-refractivity contribution >= 4 is 33.5 Å². The molecule has 0 aliphatic heterocycles. The molecule has 3 rings (SSSR count). The molecule has 0 unspecified atom stereocenters. The third kappa shape index (κ3) is 4.29. The zero-order chi connectivity index (χ0) is 21.2. The first-order chi connectivity index (χ1) is 13.7.